The lowest BCUT2D eigenvalue weighted by Crippen LogP contribution is -2.38. The highest BCUT2D eigenvalue weighted by atomic mass is 35.5. The molecule has 0 aliphatic carbocycles. The number of sulfone groups is 1. The summed E-state index contributed by atoms with van der Waals surface area (Å²) in [4.78, 5) is 6.76. The van der Waals surface area contributed by atoms with Crippen LogP contribution >= 0.6 is 11.6 Å². The number of hydrogen-bond donors (Lipinski definition) is 1. The van der Waals surface area contributed by atoms with Gasteiger partial charge in [-0.3, -0.25) is 0 Å². The van der Waals surface area contributed by atoms with E-state index >= 15 is 0 Å². The monoisotopic (exact) mass is 357 g/mol. The Hall–Kier alpha value is -1.27. The first-order valence-electron chi connectivity index (χ1n) is 7.99. The number of aliphatic imine (C=N–C) groups is 1. The molecule has 1 fully saturated rings. The maximum absolute atomic E-state index is 12.0. The highest BCUT2D eigenvalue weighted by molar-refractivity contribution is 7.91. The minimum atomic E-state index is -3.28. The van der Waals surface area contributed by atoms with Crippen LogP contribution in [0.2, 0.25) is 5.02 Å². The normalized spacial score (nSPS) is 17.1. The van der Waals surface area contributed by atoms with Gasteiger partial charge in [-0.15, -0.1) is 0 Å². The van der Waals surface area contributed by atoms with Crippen LogP contribution in [0.15, 0.2) is 28.1 Å². The first-order chi connectivity index (χ1) is 10.9. The Morgan fingerprint density at radius 1 is 1.22 bits per heavy atom. The van der Waals surface area contributed by atoms with E-state index in [1.807, 2.05) is 0 Å². The molecule has 0 unspecified atom stereocenters. The van der Waals surface area contributed by atoms with Gasteiger partial charge in [0.25, 0.3) is 0 Å². The van der Waals surface area contributed by atoms with E-state index in [1.54, 1.807) is 19.1 Å². The summed E-state index contributed by atoms with van der Waals surface area (Å²) < 4.78 is 24.0. The van der Waals surface area contributed by atoms with Gasteiger partial charge in [-0.25, -0.2) is 13.4 Å². The average molecular weight is 358 g/mol. The molecule has 2 rings (SSSR count). The van der Waals surface area contributed by atoms with E-state index in [0.29, 0.717) is 17.5 Å². The molecule has 1 aliphatic heterocycles. The molecular weight excluding hydrogens is 334 g/mol. The molecule has 1 aliphatic rings. The molecule has 1 aromatic carbocycles. The Bertz CT molecular complexity index is 666. The summed E-state index contributed by atoms with van der Waals surface area (Å²) in [7, 11) is -3.28. The third-order valence-electron chi connectivity index (χ3n) is 4.02. The number of likely N-dealkylation sites (tertiary alicyclic amines) is 1. The summed E-state index contributed by atoms with van der Waals surface area (Å²) in [5.41, 5.74) is 6.83. The number of benzene rings is 1. The third kappa shape index (κ3) is 5.11. The molecule has 0 radical (unpaired) electrons. The van der Waals surface area contributed by atoms with Crippen molar-refractivity contribution < 1.29 is 8.42 Å². The Morgan fingerprint density at radius 2 is 1.87 bits per heavy atom. The predicted molar refractivity (Wildman–Crippen MR) is 94.5 cm³/mol. The number of rotatable bonds is 4. The number of nitrogens with zero attached hydrogens (tertiary/aromatic N) is 2. The fraction of sp³-hybridized carbons (Fsp3) is 0.562. The molecule has 0 aromatic heterocycles. The van der Waals surface area contributed by atoms with E-state index in [1.165, 1.54) is 18.9 Å². The Morgan fingerprint density at radius 3 is 2.48 bits per heavy atom. The molecule has 0 spiro atoms. The molecule has 7 heteroatoms. The van der Waals surface area contributed by atoms with Crippen LogP contribution in [-0.4, -0.2) is 38.1 Å². The van der Waals surface area contributed by atoms with Gasteiger partial charge in [0.05, 0.1) is 17.2 Å². The molecule has 0 atom stereocenters. The molecule has 128 valence electrons. The van der Waals surface area contributed by atoms with E-state index in [2.05, 4.69) is 9.89 Å². The topological polar surface area (TPSA) is 75.8 Å². The SMILES string of the molecule is CCS(=O)(=O)c1cc(Cl)cc(CN=C(N)N2CCCCCC2)c1. The predicted octanol–water partition coefficient (Wildman–Crippen LogP) is 2.82. The second-order valence-electron chi connectivity index (χ2n) is 5.77. The van der Waals surface area contributed by atoms with Gasteiger partial charge in [0, 0.05) is 18.1 Å². The molecule has 23 heavy (non-hydrogen) atoms. The first kappa shape index (κ1) is 18.1. The summed E-state index contributed by atoms with van der Waals surface area (Å²) in [6, 6.07) is 4.84. The minimum Gasteiger partial charge on any atom is -0.370 e. The fourth-order valence-corrected chi connectivity index (χ4v) is 3.92. The zero-order valence-corrected chi connectivity index (χ0v) is 15.0. The molecule has 1 aromatic rings. The first-order valence-corrected chi connectivity index (χ1v) is 10.0. The van der Waals surface area contributed by atoms with Gasteiger partial charge in [0.2, 0.25) is 0 Å². The lowest BCUT2D eigenvalue weighted by molar-refractivity contribution is 0.428. The average Bonchev–Trinajstić information content (AvgIpc) is 2.81. The van der Waals surface area contributed by atoms with Crippen LogP contribution in [0.25, 0.3) is 0 Å². The second-order valence-corrected chi connectivity index (χ2v) is 8.49. The summed E-state index contributed by atoms with van der Waals surface area (Å²) in [6.07, 6.45) is 4.73. The maximum atomic E-state index is 12.0. The number of guanidine groups is 1. The number of halogens is 1. The van der Waals surface area contributed by atoms with Crippen LogP contribution in [0.3, 0.4) is 0 Å². The van der Waals surface area contributed by atoms with Crippen LogP contribution < -0.4 is 5.73 Å². The van der Waals surface area contributed by atoms with E-state index < -0.39 is 9.84 Å². The van der Waals surface area contributed by atoms with Gasteiger partial charge in [-0.05, 0) is 36.6 Å². The third-order valence-corrected chi connectivity index (χ3v) is 5.96. The lowest BCUT2D eigenvalue weighted by atomic mass is 10.2. The molecule has 1 heterocycles. The zero-order chi connectivity index (χ0) is 16.9. The molecule has 5 nitrogen and oxygen atoms in total. The smallest absolute Gasteiger partial charge is 0.191 e. The minimum absolute atomic E-state index is 0.0476. The van der Waals surface area contributed by atoms with Gasteiger partial charge in [-0.2, -0.15) is 0 Å². The van der Waals surface area contributed by atoms with Crippen molar-refractivity contribution >= 4 is 27.4 Å². The van der Waals surface area contributed by atoms with Crippen molar-refractivity contribution in [2.45, 2.75) is 44.0 Å². The van der Waals surface area contributed by atoms with Crippen LogP contribution in [0.5, 0.6) is 0 Å². The Kier molecular flexibility index (Phi) is 6.30. The van der Waals surface area contributed by atoms with Crippen molar-refractivity contribution in [3.8, 4) is 0 Å². The van der Waals surface area contributed by atoms with Crippen molar-refractivity contribution in [2.75, 3.05) is 18.8 Å². The van der Waals surface area contributed by atoms with Crippen LogP contribution in [0.4, 0.5) is 0 Å². The highest BCUT2D eigenvalue weighted by Gasteiger charge is 2.14. The summed E-state index contributed by atoms with van der Waals surface area (Å²) in [6.45, 7) is 3.81. The standard InChI is InChI=1S/C16H24ClN3O2S/c1-2-23(21,22)15-10-13(9-14(17)11-15)12-19-16(18)20-7-5-3-4-6-8-20/h9-11H,2-8,12H2,1H3,(H2,18,19). The van der Waals surface area contributed by atoms with E-state index in [0.717, 1.165) is 31.5 Å². The second kappa shape index (κ2) is 8.02. The molecule has 0 saturated carbocycles. The number of nitrogens with two attached hydrogens (primary N) is 1. The molecule has 1 saturated heterocycles. The van der Waals surface area contributed by atoms with E-state index in [9.17, 15) is 8.42 Å². The summed E-state index contributed by atoms with van der Waals surface area (Å²) >= 11 is 6.04. The Balaban J connectivity index is 2.14. The largest absolute Gasteiger partial charge is 0.370 e. The van der Waals surface area contributed by atoms with Crippen molar-refractivity contribution in [2.24, 2.45) is 10.7 Å². The summed E-state index contributed by atoms with van der Waals surface area (Å²) in [5, 5.41) is 0.401. The van der Waals surface area contributed by atoms with Crippen molar-refractivity contribution in [1.82, 2.24) is 4.90 Å². The van der Waals surface area contributed by atoms with E-state index in [4.69, 9.17) is 17.3 Å². The molecule has 0 bridgehead atoms. The van der Waals surface area contributed by atoms with Gasteiger partial charge in [0.1, 0.15) is 0 Å². The molecule has 0 amide bonds. The van der Waals surface area contributed by atoms with Crippen LogP contribution in [0.1, 0.15) is 38.2 Å². The van der Waals surface area contributed by atoms with Crippen molar-refractivity contribution in [3.05, 3.63) is 28.8 Å². The van der Waals surface area contributed by atoms with Gasteiger partial charge < -0.3 is 10.6 Å². The molecule has 2 N–H and O–H groups in total. The molecular formula is C16H24ClN3O2S. The van der Waals surface area contributed by atoms with Crippen molar-refractivity contribution in [1.29, 1.82) is 0 Å². The fourth-order valence-electron chi connectivity index (χ4n) is 2.63. The number of hydrogen-bond acceptors (Lipinski definition) is 3. The maximum Gasteiger partial charge on any atom is 0.191 e. The summed E-state index contributed by atoms with van der Waals surface area (Å²) in [5.74, 6) is 0.568. The van der Waals surface area contributed by atoms with Gasteiger partial charge in [-0.1, -0.05) is 31.4 Å². The van der Waals surface area contributed by atoms with Crippen LogP contribution in [-0.2, 0) is 16.4 Å². The zero-order valence-electron chi connectivity index (χ0n) is 13.5. The highest BCUT2D eigenvalue weighted by Crippen LogP contribution is 2.21. The lowest BCUT2D eigenvalue weighted by Gasteiger charge is -2.21. The van der Waals surface area contributed by atoms with Crippen LogP contribution in [0, 0.1) is 0 Å². The quantitative estimate of drug-likeness (QED) is 0.664. The van der Waals surface area contributed by atoms with Gasteiger partial charge >= 0.3 is 0 Å². The van der Waals surface area contributed by atoms with E-state index in [-0.39, 0.29) is 10.6 Å². The Labute approximate surface area is 143 Å². The van der Waals surface area contributed by atoms with Gasteiger partial charge in [0.15, 0.2) is 15.8 Å². The van der Waals surface area contributed by atoms with Crippen molar-refractivity contribution in [3.63, 3.8) is 0 Å².